The number of thiophene rings is 1. The van der Waals surface area contributed by atoms with E-state index in [1.807, 2.05) is 32.2 Å². The summed E-state index contributed by atoms with van der Waals surface area (Å²) in [6, 6.07) is 1.84. The zero-order chi connectivity index (χ0) is 9.14. The number of ether oxygens (including phenoxy) is 1. The Bertz CT molecular complexity index is 276. The van der Waals surface area contributed by atoms with Gasteiger partial charge in [0.05, 0.1) is 11.7 Å². The van der Waals surface area contributed by atoms with Crippen LogP contribution in [0.3, 0.4) is 0 Å². The van der Waals surface area contributed by atoms with Gasteiger partial charge in [0.1, 0.15) is 0 Å². The highest BCUT2D eigenvalue weighted by molar-refractivity contribution is 7.10. The lowest BCUT2D eigenvalue weighted by Crippen LogP contribution is -2.10. The Hall–Kier alpha value is -0.830. The third-order valence-corrected chi connectivity index (χ3v) is 2.17. The quantitative estimate of drug-likeness (QED) is 0.660. The molecule has 1 rings (SSSR count). The highest BCUT2D eigenvalue weighted by Crippen LogP contribution is 2.14. The van der Waals surface area contributed by atoms with Crippen LogP contribution in [-0.4, -0.2) is 12.1 Å². The van der Waals surface area contributed by atoms with Crippen LogP contribution in [0, 0.1) is 6.92 Å². The third-order valence-electron chi connectivity index (χ3n) is 1.31. The van der Waals surface area contributed by atoms with Gasteiger partial charge in [-0.2, -0.15) is 0 Å². The number of hydrogen-bond donors (Lipinski definition) is 0. The zero-order valence-electron chi connectivity index (χ0n) is 7.46. The van der Waals surface area contributed by atoms with Crippen LogP contribution in [0.4, 0.5) is 0 Å². The SMILES string of the molecule is Cc1cc(C(=O)OC(C)C)cs1. The summed E-state index contributed by atoms with van der Waals surface area (Å²) >= 11 is 1.56. The van der Waals surface area contributed by atoms with Gasteiger partial charge in [-0.15, -0.1) is 11.3 Å². The second-order valence-electron chi connectivity index (χ2n) is 2.90. The summed E-state index contributed by atoms with van der Waals surface area (Å²) in [6.07, 6.45) is -0.0438. The molecule has 0 saturated carbocycles. The maximum absolute atomic E-state index is 11.3. The summed E-state index contributed by atoms with van der Waals surface area (Å²) in [6.45, 7) is 5.66. The molecule has 0 aliphatic carbocycles. The molecule has 0 radical (unpaired) electrons. The predicted molar refractivity (Wildman–Crippen MR) is 49.6 cm³/mol. The van der Waals surface area contributed by atoms with Crippen molar-refractivity contribution in [1.29, 1.82) is 0 Å². The van der Waals surface area contributed by atoms with Gasteiger partial charge in [-0.1, -0.05) is 0 Å². The van der Waals surface area contributed by atoms with E-state index >= 15 is 0 Å². The van der Waals surface area contributed by atoms with Crippen molar-refractivity contribution in [3.8, 4) is 0 Å². The van der Waals surface area contributed by atoms with Gasteiger partial charge in [-0.25, -0.2) is 4.79 Å². The number of carbonyl (C=O) groups is 1. The lowest BCUT2D eigenvalue weighted by atomic mass is 10.3. The largest absolute Gasteiger partial charge is 0.459 e. The van der Waals surface area contributed by atoms with Gasteiger partial charge in [0.2, 0.25) is 0 Å². The first kappa shape index (κ1) is 9.26. The molecule has 0 aromatic carbocycles. The summed E-state index contributed by atoms with van der Waals surface area (Å²) < 4.78 is 5.02. The Morgan fingerprint density at radius 2 is 2.25 bits per heavy atom. The van der Waals surface area contributed by atoms with Gasteiger partial charge >= 0.3 is 5.97 Å². The monoisotopic (exact) mass is 184 g/mol. The maximum atomic E-state index is 11.3. The Kier molecular flexibility index (Phi) is 2.87. The van der Waals surface area contributed by atoms with E-state index in [1.165, 1.54) is 0 Å². The molecule has 0 N–H and O–H groups in total. The Morgan fingerprint density at radius 3 is 2.67 bits per heavy atom. The molecule has 0 aliphatic rings. The number of esters is 1. The fraction of sp³-hybridized carbons (Fsp3) is 0.444. The van der Waals surface area contributed by atoms with E-state index in [0.717, 1.165) is 4.88 Å². The standard InChI is InChI=1S/C9H12O2S/c1-6(2)11-9(10)8-4-7(3)12-5-8/h4-6H,1-3H3. The minimum atomic E-state index is -0.227. The molecule has 0 amide bonds. The number of rotatable bonds is 2. The maximum Gasteiger partial charge on any atom is 0.339 e. The molecule has 0 bridgehead atoms. The van der Waals surface area contributed by atoms with Gasteiger partial charge in [-0.3, -0.25) is 0 Å². The molecule has 0 saturated heterocycles. The van der Waals surface area contributed by atoms with Crippen LogP contribution < -0.4 is 0 Å². The molecular weight excluding hydrogens is 172 g/mol. The predicted octanol–water partition coefficient (Wildman–Crippen LogP) is 2.62. The normalized spacial score (nSPS) is 10.3. The van der Waals surface area contributed by atoms with E-state index in [-0.39, 0.29) is 12.1 Å². The van der Waals surface area contributed by atoms with E-state index in [1.54, 1.807) is 11.3 Å². The smallest absolute Gasteiger partial charge is 0.339 e. The van der Waals surface area contributed by atoms with Crippen molar-refractivity contribution in [3.05, 3.63) is 21.9 Å². The van der Waals surface area contributed by atoms with Crippen molar-refractivity contribution in [3.63, 3.8) is 0 Å². The van der Waals surface area contributed by atoms with E-state index in [2.05, 4.69) is 0 Å². The topological polar surface area (TPSA) is 26.3 Å². The summed E-state index contributed by atoms with van der Waals surface area (Å²) in [7, 11) is 0. The summed E-state index contributed by atoms with van der Waals surface area (Å²) in [5.74, 6) is -0.227. The third kappa shape index (κ3) is 2.34. The summed E-state index contributed by atoms with van der Waals surface area (Å²) in [5, 5.41) is 1.82. The van der Waals surface area contributed by atoms with Crippen LogP contribution in [0.25, 0.3) is 0 Å². The molecule has 12 heavy (non-hydrogen) atoms. The molecule has 0 atom stereocenters. The Morgan fingerprint density at radius 1 is 1.58 bits per heavy atom. The second-order valence-corrected chi connectivity index (χ2v) is 4.02. The Labute approximate surface area is 76.2 Å². The lowest BCUT2D eigenvalue weighted by molar-refractivity contribution is 0.0378. The van der Waals surface area contributed by atoms with E-state index in [9.17, 15) is 4.79 Å². The molecule has 0 unspecified atom stereocenters. The first-order valence-electron chi connectivity index (χ1n) is 3.85. The first-order chi connectivity index (χ1) is 5.59. The molecule has 0 spiro atoms. The Balaban J connectivity index is 2.65. The highest BCUT2D eigenvalue weighted by Gasteiger charge is 2.09. The van der Waals surface area contributed by atoms with Crippen LogP contribution in [0.1, 0.15) is 29.1 Å². The number of carbonyl (C=O) groups excluding carboxylic acids is 1. The van der Waals surface area contributed by atoms with E-state index < -0.39 is 0 Å². The van der Waals surface area contributed by atoms with Crippen LogP contribution in [-0.2, 0) is 4.74 Å². The van der Waals surface area contributed by atoms with Crippen molar-refractivity contribution in [1.82, 2.24) is 0 Å². The lowest BCUT2D eigenvalue weighted by Gasteiger charge is -2.05. The molecule has 0 aliphatic heterocycles. The zero-order valence-corrected chi connectivity index (χ0v) is 8.27. The number of aryl methyl sites for hydroxylation is 1. The van der Waals surface area contributed by atoms with E-state index in [0.29, 0.717) is 5.56 Å². The molecule has 1 heterocycles. The number of hydrogen-bond acceptors (Lipinski definition) is 3. The molecule has 1 aromatic rings. The van der Waals surface area contributed by atoms with Gasteiger partial charge in [0, 0.05) is 10.3 Å². The van der Waals surface area contributed by atoms with Crippen molar-refractivity contribution in [2.75, 3.05) is 0 Å². The molecule has 66 valence electrons. The van der Waals surface area contributed by atoms with Crippen molar-refractivity contribution in [2.24, 2.45) is 0 Å². The van der Waals surface area contributed by atoms with Gasteiger partial charge in [0.15, 0.2) is 0 Å². The van der Waals surface area contributed by atoms with Crippen molar-refractivity contribution >= 4 is 17.3 Å². The fourth-order valence-corrected chi connectivity index (χ4v) is 1.50. The second kappa shape index (κ2) is 3.72. The molecule has 0 fully saturated rings. The molecule has 3 heteroatoms. The summed E-state index contributed by atoms with van der Waals surface area (Å²) in [5.41, 5.74) is 0.659. The van der Waals surface area contributed by atoms with E-state index in [4.69, 9.17) is 4.74 Å². The van der Waals surface area contributed by atoms with Crippen LogP contribution in [0.2, 0.25) is 0 Å². The van der Waals surface area contributed by atoms with Crippen molar-refractivity contribution < 1.29 is 9.53 Å². The first-order valence-corrected chi connectivity index (χ1v) is 4.73. The molecule has 2 nitrogen and oxygen atoms in total. The van der Waals surface area contributed by atoms with Gasteiger partial charge in [0.25, 0.3) is 0 Å². The van der Waals surface area contributed by atoms with Crippen LogP contribution >= 0.6 is 11.3 Å². The van der Waals surface area contributed by atoms with Gasteiger partial charge in [-0.05, 0) is 26.8 Å². The van der Waals surface area contributed by atoms with Crippen LogP contribution in [0.15, 0.2) is 11.4 Å². The highest BCUT2D eigenvalue weighted by atomic mass is 32.1. The minimum absolute atomic E-state index is 0.0438. The summed E-state index contributed by atoms with van der Waals surface area (Å²) in [4.78, 5) is 12.4. The van der Waals surface area contributed by atoms with Crippen LogP contribution in [0.5, 0.6) is 0 Å². The minimum Gasteiger partial charge on any atom is -0.459 e. The van der Waals surface area contributed by atoms with Crippen molar-refractivity contribution in [2.45, 2.75) is 26.9 Å². The molecular formula is C9H12O2S. The average molecular weight is 184 g/mol. The molecule has 1 aromatic heterocycles. The fourth-order valence-electron chi connectivity index (χ4n) is 0.833. The average Bonchev–Trinajstić information content (AvgIpc) is 2.34. The van der Waals surface area contributed by atoms with Gasteiger partial charge < -0.3 is 4.74 Å².